The zero-order valence-corrected chi connectivity index (χ0v) is 18.5. The van der Waals surface area contributed by atoms with Gasteiger partial charge in [-0.3, -0.25) is 4.79 Å². The molecule has 2 aliphatic heterocycles. The van der Waals surface area contributed by atoms with Gasteiger partial charge in [0.2, 0.25) is 15.9 Å². The highest BCUT2D eigenvalue weighted by molar-refractivity contribution is 7.89. The average Bonchev–Trinajstić information content (AvgIpc) is 2.81. The minimum atomic E-state index is -4.03. The largest absolute Gasteiger partial charge is 0.394 e. The third-order valence-electron chi connectivity index (χ3n) is 6.56. The molecule has 33 heavy (non-hydrogen) atoms. The Morgan fingerprint density at radius 2 is 1.64 bits per heavy atom. The summed E-state index contributed by atoms with van der Waals surface area (Å²) in [5.41, 5.74) is 3.07. The van der Waals surface area contributed by atoms with Crippen molar-refractivity contribution in [3.8, 4) is 11.1 Å². The van der Waals surface area contributed by atoms with Gasteiger partial charge in [-0.25, -0.2) is 12.8 Å². The van der Waals surface area contributed by atoms with E-state index in [1.807, 2.05) is 54.6 Å². The van der Waals surface area contributed by atoms with Crippen LogP contribution in [-0.4, -0.2) is 60.4 Å². The lowest BCUT2D eigenvalue weighted by Gasteiger charge is -2.58. The van der Waals surface area contributed by atoms with Crippen molar-refractivity contribution < 1.29 is 22.7 Å². The molecule has 3 aromatic carbocycles. The topological polar surface area (TPSA) is 77.9 Å². The van der Waals surface area contributed by atoms with Gasteiger partial charge < -0.3 is 10.0 Å². The maximum Gasteiger partial charge on any atom is 0.243 e. The Labute approximate surface area is 191 Å². The van der Waals surface area contributed by atoms with Crippen molar-refractivity contribution in [3.05, 3.63) is 90.2 Å². The minimum Gasteiger partial charge on any atom is -0.394 e. The van der Waals surface area contributed by atoms with E-state index in [9.17, 15) is 22.7 Å². The van der Waals surface area contributed by atoms with Crippen LogP contribution in [0.3, 0.4) is 0 Å². The number of nitrogens with zero attached hydrogens (tertiary/aromatic N) is 2. The van der Waals surface area contributed by atoms with E-state index in [1.165, 1.54) is 18.2 Å². The number of rotatable bonds is 5. The SMILES string of the molecule is O=C1CN(S(=O)(=O)c2cccc(F)c2)C[C@@H]2[C@H](c3ccc(-c4ccccc4)cc3)[C@H](CO)N12. The molecule has 0 unspecified atom stereocenters. The van der Waals surface area contributed by atoms with Crippen LogP contribution in [-0.2, 0) is 14.8 Å². The van der Waals surface area contributed by atoms with Crippen LogP contribution in [0.1, 0.15) is 11.5 Å². The number of benzene rings is 3. The molecule has 2 aliphatic rings. The van der Waals surface area contributed by atoms with E-state index < -0.39 is 27.9 Å². The van der Waals surface area contributed by atoms with Gasteiger partial charge in [-0.1, -0.05) is 60.7 Å². The molecule has 0 saturated carbocycles. The van der Waals surface area contributed by atoms with Crippen LogP contribution in [0.4, 0.5) is 4.39 Å². The van der Waals surface area contributed by atoms with Crippen LogP contribution in [0, 0.1) is 5.82 Å². The zero-order valence-electron chi connectivity index (χ0n) is 17.7. The van der Waals surface area contributed by atoms with Gasteiger partial charge in [0.1, 0.15) is 5.82 Å². The predicted octanol–water partition coefficient (Wildman–Crippen LogP) is 2.85. The lowest BCUT2D eigenvalue weighted by Crippen LogP contribution is -2.73. The summed E-state index contributed by atoms with van der Waals surface area (Å²) in [7, 11) is -4.03. The highest BCUT2D eigenvalue weighted by atomic mass is 32.2. The molecule has 170 valence electrons. The maximum atomic E-state index is 13.6. The molecule has 0 aliphatic carbocycles. The molecule has 0 aromatic heterocycles. The fraction of sp³-hybridized carbons (Fsp3) is 0.240. The highest BCUT2D eigenvalue weighted by Crippen LogP contribution is 2.44. The smallest absolute Gasteiger partial charge is 0.243 e. The molecule has 5 rings (SSSR count). The summed E-state index contributed by atoms with van der Waals surface area (Å²) in [5, 5.41) is 9.97. The van der Waals surface area contributed by atoms with Gasteiger partial charge in [0.25, 0.3) is 0 Å². The summed E-state index contributed by atoms with van der Waals surface area (Å²) < 4.78 is 40.9. The van der Waals surface area contributed by atoms with E-state index in [1.54, 1.807) is 4.90 Å². The van der Waals surface area contributed by atoms with Crippen LogP contribution in [0.15, 0.2) is 83.8 Å². The third-order valence-corrected chi connectivity index (χ3v) is 8.37. The molecule has 3 atom stereocenters. The van der Waals surface area contributed by atoms with Crippen molar-refractivity contribution in [2.75, 3.05) is 19.7 Å². The molecule has 2 fully saturated rings. The van der Waals surface area contributed by atoms with Gasteiger partial charge >= 0.3 is 0 Å². The van der Waals surface area contributed by atoms with Crippen LogP contribution in [0.5, 0.6) is 0 Å². The van der Waals surface area contributed by atoms with Crippen molar-refractivity contribution in [1.29, 1.82) is 0 Å². The predicted molar refractivity (Wildman–Crippen MR) is 121 cm³/mol. The van der Waals surface area contributed by atoms with E-state index in [0.29, 0.717) is 0 Å². The highest BCUT2D eigenvalue weighted by Gasteiger charge is 2.55. The average molecular weight is 467 g/mol. The first-order valence-corrected chi connectivity index (χ1v) is 12.2. The zero-order chi connectivity index (χ0) is 23.2. The number of carbonyl (C=O) groups excluding carboxylic acids is 1. The lowest BCUT2D eigenvalue weighted by atomic mass is 9.74. The monoisotopic (exact) mass is 466 g/mol. The number of hydrogen-bond donors (Lipinski definition) is 1. The fourth-order valence-corrected chi connectivity index (χ4v) is 6.40. The van der Waals surface area contributed by atoms with Crippen molar-refractivity contribution in [2.24, 2.45) is 0 Å². The van der Waals surface area contributed by atoms with Crippen molar-refractivity contribution >= 4 is 15.9 Å². The summed E-state index contributed by atoms with van der Waals surface area (Å²) in [5.74, 6) is -1.21. The summed E-state index contributed by atoms with van der Waals surface area (Å²) >= 11 is 0. The Balaban J connectivity index is 1.43. The number of aliphatic hydroxyl groups excluding tert-OH is 1. The first-order chi connectivity index (χ1) is 15.9. The Hall–Kier alpha value is -3.07. The van der Waals surface area contributed by atoms with Gasteiger partial charge in [-0.2, -0.15) is 4.31 Å². The second-order valence-corrected chi connectivity index (χ2v) is 10.3. The molecule has 1 amide bonds. The molecule has 3 aromatic rings. The van der Waals surface area contributed by atoms with Gasteiger partial charge in [0.05, 0.1) is 30.1 Å². The van der Waals surface area contributed by atoms with E-state index in [4.69, 9.17) is 0 Å². The van der Waals surface area contributed by atoms with Crippen LogP contribution in [0.25, 0.3) is 11.1 Å². The van der Waals surface area contributed by atoms with E-state index >= 15 is 0 Å². The van der Waals surface area contributed by atoms with E-state index in [0.717, 1.165) is 27.1 Å². The van der Waals surface area contributed by atoms with Gasteiger partial charge in [0, 0.05) is 12.5 Å². The molecular formula is C25H23FN2O4S. The van der Waals surface area contributed by atoms with Gasteiger partial charge in [-0.15, -0.1) is 0 Å². The molecule has 2 saturated heterocycles. The first-order valence-electron chi connectivity index (χ1n) is 10.7. The molecule has 0 radical (unpaired) electrons. The standard InChI is InChI=1S/C25H23FN2O4S/c26-20-7-4-8-21(13-20)33(31,32)27-14-22-25(23(16-29)28(22)24(30)15-27)19-11-9-18(10-12-19)17-5-2-1-3-6-17/h1-13,22-23,25,29H,14-16H2/t22-,23+,25+/m1/s1. The maximum absolute atomic E-state index is 13.6. The second kappa shape index (κ2) is 8.37. The Morgan fingerprint density at radius 1 is 0.939 bits per heavy atom. The molecule has 6 nitrogen and oxygen atoms in total. The fourth-order valence-electron chi connectivity index (χ4n) is 4.96. The number of fused-ring (bicyclic) bond motifs is 1. The van der Waals surface area contributed by atoms with Crippen molar-refractivity contribution in [3.63, 3.8) is 0 Å². The number of hydrogen-bond acceptors (Lipinski definition) is 4. The van der Waals surface area contributed by atoms with Gasteiger partial charge in [-0.05, 0) is 34.9 Å². The third kappa shape index (κ3) is 3.74. The van der Waals surface area contributed by atoms with Crippen LogP contribution >= 0.6 is 0 Å². The molecule has 2 heterocycles. The van der Waals surface area contributed by atoms with Crippen molar-refractivity contribution in [1.82, 2.24) is 9.21 Å². The van der Waals surface area contributed by atoms with E-state index in [2.05, 4.69) is 0 Å². The Kier molecular flexibility index (Phi) is 5.52. The lowest BCUT2D eigenvalue weighted by molar-refractivity contribution is -0.158. The second-order valence-electron chi connectivity index (χ2n) is 8.39. The number of sulfonamides is 1. The van der Waals surface area contributed by atoms with Crippen LogP contribution in [0.2, 0.25) is 0 Å². The summed E-state index contributed by atoms with van der Waals surface area (Å²) in [6, 6.07) is 21.9. The summed E-state index contributed by atoms with van der Waals surface area (Å²) in [4.78, 5) is 14.2. The summed E-state index contributed by atoms with van der Waals surface area (Å²) in [6.45, 7) is -0.443. The molecular weight excluding hydrogens is 443 g/mol. The minimum absolute atomic E-state index is 0.0895. The molecule has 0 bridgehead atoms. The number of piperazine rings is 1. The quantitative estimate of drug-likeness (QED) is 0.627. The molecule has 1 N–H and O–H groups in total. The normalized spacial score (nSPS) is 23.2. The Morgan fingerprint density at radius 3 is 2.30 bits per heavy atom. The summed E-state index contributed by atoms with van der Waals surface area (Å²) in [6.07, 6.45) is 0. The molecule has 0 spiro atoms. The first kappa shape index (κ1) is 21.8. The Bertz CT molecular complexity index is 1280. The van der Waals surface area contributed by atoms with Gasteiger partial charge in [0.15, 0.2) is 0 Å². The molecule has 8 heteroatoms. The van der Waals surface area contributed by atoms with Crippen LogP contribution < -0.4 is 0 Å². The van der Waals surface area contributed by atoms with E-state index in [-0.39, 0.29) is 36.4 Å². The number of carbonyl (C=O) groups is 1. The number of aliphatic hydroxyl groups is 1. The number of amides is 1. The number of halogens is 1. The van der Waals surface area contributed by atoms with Crippen molar-refractivity contribution in [2.45, 2.75) is 22.9 Å².